The zero-order valence-electron chi connectivity index (χ0n) is 11.9. The lowest BCUT2D eigenvalue weighted by atomic mass is 10.3. The molecule has 2 aromatic carbocycles. The van der Waals surface area contributed by atoms with Crippen LogP contribution in [0.5, 0.6) is 0 Å². The van der Waals surface area contributed by atoms with Gasteiger partial charge in [-0.25, -0.2) is 13.4 Å². The molecular weight excluding hydrogens is 314 g/mol. The van der Waals surface area contributed by atoms with Crippen LogP contribution >= 0.6 is 0 Å². The lowest BCUT2D eigenvalue weighted by Crippen LogP contribution is -2.09. The maximum atomic E-state index is 12.6. The van der Waals surface area contributed by atoms with Crippen LogP contribution in [0.25, 0.3) is 16.7 Å². The predicted octanol–water partition coefficient (Wildman–Crippen LogP) is 1.65. The maximum absolute atomic E-state index is 12.6. The van der Waals surface area contributed by atoms with E-state index in [9.17, 15) is 8.42 Å². The first kappa shape index (κ1) is 13.8. The molecule has 0 saturated carbocycles. The highest BCUT2D eigenvalue weighted by Gasteiger charge is 2.20. The van der Waals surface area contributed by atoms with E-state index in [1.807, 2.05) is 18.2 Å². The van der Waals surface area contributed by atoms with Crippen LogP contribution in [0, 0.1) is 0 Å². The van der Waals surface area contributed by atoms with Gasteiger partial charge in [0.15, 0.2) is 9.84 Å². The molecule has 4 rings (SSSR count). The van der Waals surface area contributed by atoms with Crippen molar-refractivity contribution in [2.24, 2.45) is 0 Å². The molecule has 0 unspecified atom stereocenters. The van der Waals surface area contributed by atoms with Crippen LogP contribution in [0.3, 0.4) is 0 Å². The summed E-state index contributed by atoms with van der Waals surface area (Å²) >= 11 is 0. The van der Waals surface area contributed by atoms with E-state index in [1.165, 1.54) is 4.52 Å². The molecule has 114 valence electrons. The molecule has 0 fully saturated rings. The minimum Gasteiger partial charge on any atom is -0.246 e. The van der Waals surface area contributed by atoms with Gasteiger partial charge in [-0.1, -0.05) is 30.3 Å². The van der Waals surface area contributed by atoms with Crippen molar-refractivity contribution >= 4 is 26.5 Å². The van der Waals surface area contributed by atoms with Crippen LogP contribution in [0.15, 0.2) is 59.5 Å². The van der Waals surface area contributed by atoms with Gasteiger partial charge in [-0.05, 0) is 34.7 Å². The van der Waals surface area contributed by atoms with Crippen molar-refractivity contribution in [2.45, 2.75) is 10.6 Å². The summed E-state index contributed by atoms with van der Waals surface area (Å²) in [5.41, 5.74) is 2.06. The Labute approximate surface area is 131 Å². The van der Waals surface area contributed by atoms with Gasteiger partial charge in [0.1, 0.15) is 11.4 Å². The second-order valence-electron chi connectivity index (χ2n) is 5.03. The number of sulfone groups is 1. The molecule has 0 aliphatic carbocycles. The molecule has 8 heteroatoms. The zero-order chi connectivity index (χ0) is 15.9. The van der Waals surface area contributed by atoms with Gasteiger partial charge in [0.05, 0.1) is 15.9 Å². The van der Waals surface area contributed by atoms with E-state index in [4.69, 9.17) is 0 Å². The number of nitrogens with zero attached hydrogens (tertiary/aromatic N) is 5. The quantitative estimate of drug-likeness (QED) is 0.569. The third kappa shape index (κ3) is 2.33. The molecule has 7 nitrogen and oxygen atoms in total. The smallest absolute Gasteiger partial charge is 0.202 e. The first-order valence-electron chi connectivity index (χ1n) is 6.89. The summed E-state index contributed by atoms with van der Waals surface area (Å²) in [6.07, 6.45) is 0. The van der Waals surface area contributed by atoms with Crippen molar-refractivity contribution in [3.05, 3.63) is 60.3 Å². The molecule has 0 spiro atoms. The molecular formula is C15H11N5O2S. The average molecular weight is 325 g/mol. The molecule has 0 aliphatic heterocycles. The van der Waals surface area contributed by atoms with Crippen molar-refractivity contribution in [1.82, 2.24) is 25.0 Å². The van der Waals surface area contributed by atoms with Crippen molar-refractivity contribution in [1.29, 1.82) is 0 Å². The maximum Gasteiger partial charge on any atom is 0.202 e. The number of aromatic nitrogens is 5. The summed E-state index contributed by atoms with van der Waals surface area (Å²) in [5, 5.41) is 11.5. The molecule has 0 radical (unpaired) electrons. The fraction of sp³-hybridized carbons (Fsp3) is 0.0667. The zero-order valence-corrected chi connectivity index (χ0v) is 12.7. The monoisotopic (exact) mass is 325 g/mol. The Hall–Kier alpha value is -2.87. The van der Waals surface area contributed by atoms with E-state index in [-0.39, 0.29) is 10.6 Å². The predicted molar refractivity (Wildman–Crippen MR) is 83.4 cm³/mol. The number of tetrazole rings is 1. The van der Waals surface area contributed by atoms with Gasteiger partial charge in [0.2, 0.25) is 5.65 Å². The molecule has 0 amide bonds. The normalized spacial score (nSPS) is 12.0. The van der Waals surface area contributed by atoms with Crippen LogP contribution in [-0.4, -0.2) is 33.4 Å². The van der Waals surface area contributed by atoms with Crippen molar-refractivity contribution < 1.29 is 8.42 Å². The van der Waals surface area contributed by atoms with Crippen LogP contribution in [0.2, 0.25) is 0 Å². The van der Waals surface area contributed by atoms with Gasteiger partial charge in [-0.3, -0.25) is 0 Å². The minimum absolute atomic E-state index is 0.251. The van der Waals surface area contributed by atoms with E-state index >= 15 is 0 Å². The third-order valence-corrected chi connectivity index (χ3v) is 5.17. The Balaban J connectivity index is 1.90. The first-order valence-corrected chi connectivity index (χ1v) is 8.54. The summed E-state index contributed by atoms with van der Waals surface area (Å²) < 4.78 is 26.7. The highest BCUT2D eigenvalue weighted by Crippen LogP contribution is 2.20. The van der Waals surface area contributed by atoms with Gasteiger partial charge in [-0.2, -0.15) is 4.52 Å². The third-order valence-electron chi connectivity index (χ3n) is 3.52. The Morgan fingerprint density at radius 3 is 2.52 bits per heavy atom. The summed E-state index contributed by atoms with van der Waals surface area (Å²) in [6.45, 7) is 0. The number of fused-ring (bicyclic) bond motifs is 3. The van der Waals surface area contributed by atoms with E-state index in [1.54, 1.807) is 36.4 Å². The van der Waals surface area contributed by atoms with E-state index in [0.29, 0.717) is 16.9 Å². The number of para-hydroxylation sites is 2. The second-order valence-corrected chi connectivity index (χ2v) is 7.02. The van der Waals surface area contributed by atoms with Crippen LogP contribution < -0.4 is 0 Å². The summed E-state index contributed by atoms with van der Waals surface area (Å²) in [7, 11) is -3.52. The lowest BCUT2D eigenvalue weighted by molar-refractivity contribution is 0.594. The molecule has 0 saturated heterocycles. The number of rotatable bonds is 3. The van der Waals surface area contributed by atoms with Gasteiger partial charge in [0.25, 0.3) is 0 Å². The molecule has 0 aliphatic rings. The summed E-state index contributed by atoms with van der Waals surface area (Å²) in [5.74, 6) is -0.258. The Bertz CT molecular complexity index is 1110. The van der Waals surface area contributed by atoms with Gasteiger partial charge in [-0.15, -0.1) is 5.10 Å². The van der Waals surface area contributed by atoms with Crippen molar-refractivity contribution in [2.75, 3.05) is 0 Å². The van der Waals surface area contributed by atoms with E-state index in [0.717, 1.165) is 5.52 Å². The molecule has 0 atom stereocenters. The summed E-state index contributed by atoms with van der Waals surface area (Å²) in [4.78, 5) is 4.69. The largest absolute Gasteiger partial charge is 0.246 e. The van der Waals surface area contributed by atoms with E-state index in [2.05, 4.69) is 20.5 Å². The minimum atomic E-state index is -3.52. The van der Waals surface area contributed by atoms with Gasteiger partial charge < -0.3 is 0 Å². The highest BCUT2D eigenvalue weighted by molar-refractivity contribution is 7.90. The van der Waals surface area contributed by atoms with Crippen molar-refractivity contribution in [3.63, 3.8) is 0 Å². The molecule has 0 N–H and O–H groups in total. The number of benzene rings is 2. The Kier molecular flexibility index (Phi) is 3.05. The molecule has 2 aromatic heterocycles. The molecule has 0 bridgehead atoms. The van der Waals surface area contributed by atoms with E-state index < -0.39 is 9.84 Å². The fourth-order valence-corrected chi connectivity index (χ4v) is 3.74. The molecule has 4 aromatic rings. The second kappa shape index (κ2) is 5.10. The van der Waals surface area contributed by atoms with Crippen LogP contribution in [0.4, 0.5) is 0 Å². The highest BCUT2D eigenvalue weighted by atomic mass is 32.2. The standard InChI is InChI=1S/C15H11N5O2S/c21-23(22,11-6-2-1-3-7-11)10-13-15-17-18-19-20(15)14-9-5-4-8-12(14)16-13/h1-9H,10H2. The SMILES string of the molecule is O=S(=O)(Cc1nc2ccccc2n2nnnc12)c1ccccc1. The number of hydrogen-bond donors (Lipinski definition) is 0. The van der Waals surface area contributed by atoms with Crippen molar-refractivity contribution in [3.8, 4) is 0 Å². The lowest BCUT2D eigenvalue weighted by Gasteiger charge is -2.06. The Morgan fingerprint density at radius 1 is 0.957 bits per heavy atom. The summed E-state index contributed by atoms with van der Waals surface area (Å²) in [6, 6.07) is 15.6. The van der Waals surface area contributed by atoms with Crippen LogP contribution in [0.1, 0.15) is 5.69 Å². The fourth-order valence-electron chi connectivity index (χ4n) is 2.45. The average Bonchev–Trinajstić information content (AvgIpc) is 3.06. The first-order chi connectivity index (χ1) is 11.1. The van der Waals surface area contributed by atoms with Gasteiger partial charge in [0, 0.05) is 0 Å². The van der Waals surface area contributed by atoms with Gasteiger partial charge >= 0.3 is 0 Å². The number of hydrogen-bond acceptors (Lipinski definition) is 6. The van der Waals surface area contributed by atoms with Crippen LogP contribution in [-0.2, 0) is 15.6 Å². The topological polar surface area (TPSA) is 90.1 Å². The Morgan fingerprint density at radius 2 is 1.70 bits per heavy atom. The molecule has 23 heavy (non-hydrogen) atoms. The molecule has 2 heterocycles.